The number of likely N-dealkylation sites (N-methyl/N-ethyl adjacent to an activating group) is 1. The van der Waals surface area contributed by atoms with Gasteiger partial charge in [-0.25, -0.2) is 0 Å². The minimum Gasteiger partial charge on any atom is -0.357 e. The van der Waals surface area contributed by atoms with E-state index in [0.717, 1.165) is 0 Å². The molecule has 0 aliphatic heterocycles. The topological polar surface area (TPSA) is 58.2 Å². The number of carbonyl (C=O) groups is 2. The smallest absolute Gasteiger partial charge is 0.253 e. The first-order valence-electron chi connectivity index (χ1n) is 6.22. The molecular formula is C14H19BrN2O2. The van der Waals surface area contributed by atoms with E-state index in [0.29, 0.717) is 22.4 Å². The Labute approximate surface area is 122 Å². The quantitative estimate of drug-likeness (QED) is 0.872. The third-order valence-corrected chi connectivity index (χ3v) is 3.39. The molecule has 0 aliphatic carbocycles. The van der Waals surface area contributed by atoms with Crippen LogP contribution in [0.5, 0.6) is 0 Å². The number of halogens is 1. The second kappa shape index (κ2) is 7.28. The Morgan fingerprint density at radius 1 is 1.26 bits per heavy atom. The van der Waals surface area contributed by atoms with Gasteiger partial charge in [0.2, 0.25) is 5.91 Å². The van der Waals surface area contributed by atoms with Gasteiger partial charge in [0.15, 0.2) is 0 Å². The van der Waals surface area contributed by atoms with Crippen molar-refractivity contribution in [2.75, 3.05) is 7.05 Å². The number of rotatable bonds is 5. The Balaban J connectivity index is 2.82. The first-order chi connectivity index (χ1) is 8.95. The van der Waals surface area contributed by atoms with Crippen molar-refractivity contribution in [1.29, 1.82) is 0 Å². The van der Waals surface area contributed by atoms with Gasteiger partial charge in [0.1, 0.15) is 6.04 Å². The van der Waals surface area contributed by atoms with Crippen LogP contribution in [0.1, 0.15) is 30.6 Å². The van der Waals surface area contributed by atoms with Gasteiger partial charge in [-0.2, -0.15) is 0 Å². The highest BCUT2D eigenvalue weighted by Crippen LogP contribution is 2.16. The first kappa shape index (κ1) is 15.7. The molecule has 0 fully saturated rings. The van der Waals surface area contributed by atoms with Crippen LogP contribution in [0.4, 0.5) is 0 Å². The molecule has 1 unspecified atom stereocenters. The number of amides is 2. The van der Waals surface area contributed by atoms with Crippen molar-refractivity contribution < 1.29 is 9.59 Å². The van der Waals surface area contributed by atoms with Gasteiger partial charge in [-0.05, 0) is 40.4 Å². The highest BCUT2D eigenvalue weighted by Gasteiger charge is 2.22. The normalized spacial score (nSPS) is 12.1. The van der Waals surface area contributed by atoms with Gasteiger partial charge in [0, 0.05) is 11.5 Å². The molecule has 0 aliphatic rings. The summed E-state index contributed by atoms with van der Waals surface area (Å²) < 4.78 is 0.715. The van der Waals surface area contributed by atoms with Crippen molar-refractivity contribution in [3.8, 4) is 0 Å². The Morgan fingerprint density at radius 3 is 2.42 bits per heavy atom. The van der Waals surface area contributed by atoms with Crippen LogP contribution >= 0.6 is 15.9 Å². The van der Waals surface area contributed by atoms with Gasteiger partial charge in [-0.15, -0.1) is 0 Å². The second-order valence-corrected chi connectivity index (χ2v) is 5.60. The van der Waals surface area contributed by atoms with Crippen LogP contribution in [0.15, 0.2) is 28.7 Å². The van der Waals surface area contributed by atoms with Crippen molar-refractivity contribution in [2.45, 2.75) is 26.3 Å². The molecule has 0 heterocycles. The molecule has 1 atom stereocenters. The van der Waals surface area contributed by atoms with Crippen LogP contribution in [0, 0.1) is 5.92 Å². The Morgan fingerprint density at radius 2 is 1.89 bits per heavy atom. The van der Waals surface area contributed by atoms with Crippen LogP contribution < -0.4 is 10.6 Å². The lowest BCUT2D eigenvalue weighted by molar-refractivity contribution is -0.122. The Hall–Kier alpha value is -1.36. The number of nitrogens with one attached hydrogen (secondary N) is 2. The number of carbonyl (C=O) groups excluding carboxylic acids is 2. The summed E-state index contributed by atoms with van der Waals surface area (Å²) in [6.45, 7) is 4.03. The summed E-state index contributed by atoms with van der Waals surface area (Å²) in [7, 11) is 1.57. The van der Waals surface area contributed by atoms with Crippen LogP contribution in [0.25, 0.3) is 0 Å². The zero-order valence-electron chi connectivity index (χ0n) is 11.4. The lowest BCUT2D eigenvalue weighted by Gasteiger charge is -2.19. The van der Waals surface area contributed by atoms with Crippen LogP contribution in [-0.4, -0.2) is 24.9 Å². The van der Waals surface area contributed by atoms with Crippen molar-refractivity contribution in [2.24, 2.45) is 5.92 Å². The molecule has 0 radical (unpaired) electrons. The average molecular weight is 327 g/mol. The summed E-state index contributed by atoms with van der Waals surface area (Å²) in [5.74, 6) is -0.0994. The standard InChI is InChI=1S/C14H19BrN2O2/c1-9(2)8-12(14(19)16-3)17-13(18)10-6-4-5-7-11(10)15/h4-7,9,12H,8H2,1-3H3,(H,16,19)(H,17,18). The largest absolute Gasteiger partial charge is 0.357 e. The molecule has 5 heteroatoms. The van der Waals surface area contributed by atoms with Crippen LogP contribution in [-0.2, 0) is 4.79 Å². The molecule has 0 spiro atoms. The van der Waals surface area contributed by atoms with E-state index in [2.05, 4.69) is 26.6 Å². The van der Waals surface area contributed by atoms with Gasteiger partial charge in [0.05, 0.1) is 5.56 Å². The molecule has 1 rings (SSSR count). The summed E-state index contributed by atoms with van der Waals surface area (Å²) in [6.07, 6.45) is 0.607. The fraction of sp³-hybridized carbons (Fsp3) is 0.429. The maximum absolute atomic E-state index is 12.2. The van der Waals surface area contributed by atoms with E-state index in [1.54, 1.807) is 25.2 Å². The SMILES string of the molecule is CNC(=O)C(CC(C)C)NC(=O)c1ccccc1Br. The van der Waals surface area contributed by atoms with Gasteiger partial charge in [-0.1, -0.05) is 26.0 Å². The van der Waals surface area contributed by atoms with Crippen molar-refractivity contribution in [3.63, 3.8) is 0 Å². The minimum atomic E-state index is -0.510. The fourth-order valence-corrected chi connectivity index (χ4v) is 2.22. The Kier molecular flexibility index (Phi) is 6.02. The van der Waals surface area contributed by atoms with E-state index in [9.17, 15) is 9.59 Å². The van der Waals surface area contributed by atoms with Crippen LogP contribution in [0.2, 0.25) is 0 Å². The molecule has 0 bridgehead atoms. The molecule has 1 aromatic carbocycles. The molecule has 0 saturated carbocycles. The fourth-order valence-electron chi connectivity index (χ4n) is 1.76. The number of benzene rings is 1. The first-order valence-corrected chi connectivity index (χ1v) is 7.02. The van der Waals surface area contributed by atoms with E-state index >= 15 is 0 Å². The summed E-state index contributed by atoms with van der Waals surface area (Å²) in [5, 5.41) is 5.35. The molecule has 0 saturated heterocycles. The van der Waals surface area contributed by atoms with Gasteiger partial charge >= 0.3 is 0 Å². The molecule has 1 aromatic rings. The zero-order chi connectivity index (χ0) is 14.4. The van der Waals surface area contributed by atoms with E-state index in [4.69, 9.17) is 0 Å². The lowest BCUT2D eigenvalue weighted by Crippen LogP contribution is -2.46. The number of hydrogen-bond donors (Lipinski definition) is 2. The molecule has 4 nitrogen and oxygen atoms in total. The van der Waals surface area contributed by atoms with E-state index < -0.39 is 6.04 Å². The summed E-state index contributed by atoms with van der Waals surface area (Å²) >= 11 is 3.33. The monoisotopic (exact) mass is 326 g/mol. The molecule has 2 N–H and O–H groups in total. The summed E-state index contributed by atoms with van der Waals surface area (Å²) in [6, 6.07) is 6.63. The number of hydrogen-bond acceptors (Lipinski definition) is 2. The minimum absolute atomic E-state index is 0.172. The van der Waals surface area contributed by atoms with Crippen molar-refractivity contribution in [3.05, 3.63) is 34.3 Å². The molecule has 2 amide bonds. The predicted molar refractivity (Wildman–Crippen MR) is 78.9 cm³/mol. The highest BCUT2D eigenvalue weighted by atomic mass is 79.9. The molecule has 0 aromatic heterocycles. The summed E-state index contributed by atoms with van der Waals surface area (Å²) in [4.78, 5) is 23.9. The zero-order valence-corrected chi connectivity index (χ0v) is 13.0. The average Bonchev–Trinajstić information content (AvgIpc) is 2.36. The molecular weight excluding hydrogens is 308 g/mol. The third kappa shape index (κ3) is 4.67. The van der Waals surface area contributed by atoms with E-state index in [1.165, 1.54) is 0 Å². The van der Waals surface area contributed by atoms with Gasteiger partial charge in [-0.3, -0.25) is 9.59 Å². The molecule has 104 valence electrons. The van der Waals surface area contributed by atoms with Gasteiger partial charge < -0.3 is 10.6 Å². The highest BCUT2D eigenvalue weighted by molar-refractivity contribution is 9.10. The van der Waals surface area contributed by atoms with Crippen LogP contribution in [0.3, 0.4) is 0 Å². The predicted octanol–water partition coefficient (Wildman–Crippen LogP) is 2.34. The summed E-state index contributed by atoms with van der Waals surface area (Å²) in [5.41, 5.74) is 0.528. The van der Waals surface area contributed by atoms with E-state index in [-0.39, 0.29) is 11.8 Å². The van der Waals surface area contributed by atoms with Gasteiger partial charge in [0.25, 0.3) is 5.91 Å². The second-order valence-electron chi connectivity index (χ2n) is 4.75. The van der Waals surface area contributed by atoms with E-state index in [1.807, 2.05) is 19.9 Å². The van der Waals surface area contributed by atoms with Crippen molar-refractivity contribution in [1.82, 2.24) is 10.6 Å². The maximum Gasteiger partial charge on any atom is 0.253 e. The third-order valence-electron chi connectivity index (χ3n) is 2.69. The Bertz CT molecular complexity index is 461. The lowest BCUT2D eigenvalue weighted by atomic mass is 10.0. The maximum atomic E-state index is 12.2. The van der Waals surface area contributed by atoms with Crippen molar-refractivity contribution >= 4 is 27.7 Å². The molecule has 19 heavy (non-hydrogen) atoms.